The van der Waals surface area contributed by atoms with E-state index in [1.807, 2.05) is 31.3 Å². The first kappa shape index (κ1) is 20.4. The second kappa shape index (κ2) is 7.42. The topological polar surface area (TPSA) is 49.9 Å². The van der Waals surface area contributed by atoms with E-state index in [1.54, 1.807) is 4.90 Å². The fourth-order valence-electron chi connectivity index (χ4n) is 6.01. The Hall–Kier alpha value is -1.88. The molecule has 3 aliphatic rings. The van der Waals surface area contributed by atoms with Gasteiger partial charge in [-0.2, -0.15) is 0 Å². The van der Waals surface area contributed by atoms with Crippen molar-refractivity contribution >= 4 is 11.8 Å². The fraction of sp³-hybridized carbons (Fsp3) is 0.667. The van der Waals surface area contributed by atoms with Gasteiger partial charge in [0, 0.05) is 38.3 Å². The van der Waals surface area contributed by atoms with Gasteiger partial charge >= 0.3 is 0 Å². The zero-order valence-corrected chi connectivity index (χ0v) is 18.2. The Morgan fingerprint density at radius 3 is 2.55 bits per heavy atom. The van der Waals surface area contributed by atoms with Gasteiger partial charge in [-0.05, 0) is 54.2 Å². The summed E-state index contributed by atoms with van der Waals surface area (Å²) >= 11 is 0. The van der Waals surface area contributed by atoms with Gasteiger partial charge in [0.25, 0.3) is 5.91 Å². The quantitative estimate of drug-likeness (QED) is 0.777. The van der Waals surface area contributed by atoms with Crippen molar-refractivity contribution in [2.45, 2.75) is 59.0 Å². The van der Waals surface area contributed by atoms with Gasteiger partial charge < -0.3 is 14.5 Å². The van der Waals surface area contributed by atoms with Crippen molar-refractivity contribution in [2.75, 3.05) is 26.8 Å². The maximum atomic E-state index is 13.2. The van der Waals surface area contributed by atoms with Crippen molar-refractivity contribution in [3.05, 3.63) is 35.4 Å². The van der Waals surface area contributed by atoms with Crippen LogP contribution in [-0.4, -0.2) is 54.5 Å². The predicted molar refractivity (Wildman–Crippen MR) is 112 cm³/mol. The summed E-state index contributed by atoms with van der Waals surface area (Å²) in [5.74, 6) is 0.277. The van der Waals surface area contributed by atoms with Crippen molar-refractivity contribution in [1.29, 1.82) is 0 Å². The van der Waals surface area contributed by atoms with Crippen LogP contribution in [0.4, 0.5) is 0 Å². The molecular weight excluding hydrogens is 364 g/mol. The number of amides is 2. The second-order valence-electron chi connectivity index (χ2n) is 10.6. The Bertz CT molecular complexity index is 782. The van der Waals surface area contributed by atoms with Crippen LogP contribution in [-0.2, 0) is 16.1 Å². The molecule has 29 heavy (non-hydrogen) atoms. The van der Waals surface area contributed by atoms with E-state index in [2.05, 4.69) is 25.7 Å². The monoisotopic (exact) mass is 398 g/mol. The van der Waals surface area contributed by atoms with Crippen LogP contribution < -0.4 is 0 Å². The Balaban J connectivity index is 1.40. The number of benzene rings is 1. The number of hydrogen-bond acceptors (Lipinski definition) is 3. The molecule has 158 valence electrons. The molecule has 1 aromatic rings. The minimum atomic E-state index is -0.0130. The summed E-state index contributed by atoms with van der Waals surface area (Å²) in [5, 5.41) is 0. The van der Waals surface area contributed by atoms with Crippen molar-refractivity contribution in [3.8, 4) is 0 Å². The largest absolute Gasteiger partial charge is 0.381 e. The van der Waals surface area contributed by atoms with Crippen LogP contribution >= 0.6 is 0 Å². The summed E-state index contributed by atoms with van der Waals surface area (Å²) in [7, 11) is 1.84. The lowest BCUT2D eigenvalue weighted by atomic mass is 9.65. The molecule has 4 rings (SSSR count). The zero-order valence-electron chi connectivity index (χ0n) is 18.2. The predicted octanol–water partition coefficient (Wildman–Crippen LogP) is 3.72. The smallest absolute Gasteiger partial charge is 0.254 e. The number of rotatable bonds is 4. The molecule has 5 nitrogen and oxygen atoms in total. The molecule has 1 aliphatic carbocycles. The first-order valence-electron chi connectivity index (χ1n) is 10.9. The summed E-state index contributed by atoms with van der Waals surface area (Å²) in [5.41, 5.74) is 2.35. The standard InChI is InChI=1S/C24H34N2O3/c1-23(2)11-20-12-24(3,15-23)16-26(20)22(28)18-7-5-17(6-8-18)13-25(4)21(27)19-9-10-29-14-19/h5-8,19-20H,9-16H2,1-4H3/t19?,20-,24?/m1/s1. The van der Waals surface area contributed by atoms with Crippen LogP contribution in [0.15, 0.2) is 24.3 Å². The van der Waals surface area contributed by atoms with Gasteiger partial charge in [0.1, 0.15) is 0 Å². The molecule has 2 aliphatic heterocycles. The summed E-state index contributed by atoms with van der Waals surface area (Å²) in [6.45, 7) is 9.62. The average molecular weight is 399 g/mol. The highest BCUT2D eigenvalue weighted by molar-refractivity contribution is 5.94. The van der Waals surface area contributed by atoms with Crippen molar-refractivity contribution < 1.29 is 14.3 Å². The molecule has 0 aromatic heterocycles. The van der Waals surface area contributed by atoms with Gasteiger partial charge in [0.2, 0.25) is 5.91 Å². The summed E-state index contributed by atoms with van der Waals surface area (Å²) in [6.07, 6.45) is 4.21. The molecule has 0 spiro atoms. The highest BCUT2D eigenvalue weighted by Crippen LogP contribution is 2.52. The number of ether oxygens (including phenoxy) is 1. The second-order valence-corrected chi connectivity index (χ2v) is 10.6. The number of carbonyl (C=O) groups excluding carboxylic acids is 2. The number of fused-ring (bicyclic) bond motifs is 2. The van der Waals surface area contributed by atoms with E-state index in [9.17, 15) is 9.59 Å². The Labute approximate surface area is 174 Å². The third-order valence-electron chi connectivity index (χ3n) is 6.95. The average Bonchev–Trinajstić information content (AvgIpc) is 3.26. The van der Waals surface area contributed by atoms with E-state index in [4.69, 9.17) is 4.74 Å². The van der Waals surface area contributed by atoms with Crippen molar-refractivity contribution in [3.63, 3.8) is 0 Å². The molecule has 1 saturated carbocycles. The highest BCUT2D eigenvalue weighted by atomic mass is 16.5. The Morgan fingerprint density at radius 1 is 1.17 bits per heavy atom. The van der Waals surface area contributed by atoms with Crippen LogP contribution in [0.3, 0.4) is 0 Å². The number of likely N-dealkylation sites (tertiary alicyclic amines) is 1. The van der Waals surface area contributed by atoms with Crippen molar-refractivity contribution in [1.82, 2.24) is 9.80 Å². The van der Waals surface area contributed by atoms with Gasteiger partial charge in [0.05, 0.1) is 12.5 Å². The van der Waals surface area contributed by atoms with Crippen LogP contribution in [0.25, 0.3) is 0 Å². The summed E-state index contributed by atoms with van der Waals surface area (Å²) in [6, 6.07) is 8.16. The van der Waals surface area contributed by atoms with Gasteiger partial charge in [-0.15, -0.1) is 0 Å². The van der Waals surface area contributed by atoms with Gasteiger partial charge in [-0.3, -0.25) is 9.59 Å². The first-order valence-corrected chi connectivity index (χ1v) is 10.9. The lowest BCUT2D eigenvalue weighted by molar-refractivity contribution is -0.134. The van der Waals surface area contributed by atoms with Gasteiger partial charge in [-0.25, -0.2) is 0 Å². The molecule has 0 radical (unpaired) electrons. The highest BCUT2D eigenvalue weighted by Gasteiger charge is 2.51. The molecule has 2 bridgehead atoms. The number of carbonyl (C=O) groups is 2. The lowest BCUT2D eigenvalue weighted by Crippen LogP contribution is -2.37. The van der Waals surface area contributed by atoms with E-state index < -0.39 is 0 Å². The van der Waals surface area contributed by atoms with Crippen molar-refractivity contribution in [2.24, 2.45) is 16.7 Å². The molecule has 0 N–H and O–H groups in total. The molecule has 5 heteroatoms. The van der Waals surface area contributed by atoms with Gasteiger partial charge in [0.15, 0.2) is 0 Å². The summed E-state index contributed by atoms with van der Waals surface area (Å²) in [4.78, 5) is 29.6. The molecule has 3 atom stereocenters. The van der Waals surface area contributed by atoms with E-state index in [-0.39, 0.29) is 23.1 Å². The van der Waals surface area contributed by atoms with Crippen LogP contribution in [0.1, 0.15) is 62.4 Å². The SMILES string of the molecule is CN(Cc1ccc(C(=O)N2CC3(C)C[C@H]2CC(C)(C)C3)cc1)C(=O)C1CCOC1. The Kier molecular flexibility index (Phi) is 5.22. The zero-order chi connectivity index (χ0) is 20.8. The van der Waals surface area contributed by atoms with Crippen LogP contribution in [0.5, 0.6) is 0 Å². The molecular formula is C24H34N2O3. The Morgan fingerprint density at radius 2 is 1.90 bits per heavy atom. The summed E-state index contributed by atoms with van der Waals surface area (Å²) < 4.78 is 5.33. The normalized spacial score (nSPS) is 30.4. The molecule has 2 heterocycles. The van der Waals surface area contributed by atoms with Crippen LogP contribution in [0, 0.1) is 16.7 Å². The minimum Gasteiger partial charge on any atom is -0.381 e. The van der Waals surface area contributed by atoms with E-state index >= 15 is 0 Å². The third-order valence-corrected chi connectivity index (χ3v) is 6.95. The van der Waals surface area contributed by atoms with E-state index in [0.29, 0.717) is 31.2 Å². The third kappa shape index (κ3) is 4.20. The first-order chi connectivity index (χ1) is 13.7. The lowest BCUT2D eigenvalue weighted by Gasteiger charge is -2.39. The molecule has 2 amide bonds. The maximum Gasteiger partial charge on any atom is 0.254 e. The van der Waals surface area contributed by atoms with E-state index in [1.165, 1.54) is 6.42 Å². The molecule has 3 fully saturated rings. The molecule has 1 aromatic carbocycles. The molecule has 2 unspecified atom stereocenters. The fourth-order valence-corrected chi connectivity index (χ4v) is 6.01. The molecule has 2 saturated heterocycles. The number of nitrogens with zero attached hydrogens (tertiary/aromatic N) is 2. The van der Waals surface area contributed by atoms with Crippen LogP contribution in [0.2, 0.25) is 0 Å². The number of hydrogen-bond donors (Lipinski definition) is 0. The minimum absolute atomic E-state index is 0.0130. The van der Waals surface area contributed by atoms with E-state index in [0.717, 1.165) is 36.9 Å². The van der Waals surface area contributed by atoms with Gasteiger partial charge in [-0.1, -0.05) is 32.9 Å². The maximum absolute atomic E-state index is 13.2.